The van der Waals surface area contributed by atoms with Crippen LogP contribution >= 0.6 is 0 Å². The Balaban J connectivity index is 0.000000166. The number of rotatable bonds is 4. The fourth-order valence-electron chi connectivity index (χ4n) is 5.28. The Morgan fingerprint density at radius 1 is 1.14 bits per heavy atom. The van der Waals surface area contributed by atoms with Gasteiger partial charge in [-0.15, -0.1) is 6.42 Å². The van der Waals surface area contributed by atoms with Crippen LogP contribution in [0.15, 0.2) is 0 Å². The highest BCUT2D eigenvalue weighted by atomic mass is 16.6. The highest BCUT2D eigenvalue weighted by Gasteiger charge is 2.64. The molecule has 4 unspecified atom stereocenters. The van der Waals surface area contributed by atoms with Crippen LogP contribution in [0.5, 0.6) is 0 Å². The van der Waals surface area contributed by atoms with Crippen LogP contribution in [0.25, 0.3) is 0 Å². The predicted molar refractivity (Wildman–Crippen MR) is 112 cm³/mol. The molecule has 0 radical (unpaired) electrons. The quantitative estimate of drug-likeness (QED) is 0.543. The Bertz CT molecular complexity index is 694. The number of hydrogen-bond donors (Lipinski definition) is 1. The number of fused-ring (bicyclic) bond motifs is 2. The minimum atomic E-state index is -0.707. The van der Waals surface area contributed by atoms with Gasteiger partial charge < -0.3 is 14.7 Å². The third-order valence-electron chi connectivity index (χ3n) is 7.00. The molecule has 29 heavy (non-hydrogen) atoms. The van der Waals surface area contributed by atoms with E-state index in [0.29, 0.717) is 11.8 Å². The molecule has 4 rings (SSSR count). The van der Waals surface area contributed by atoms with Crippen molar-refractivity contribution in [2.45, 2.75) is 95.7 Å². The first-order valence-corrected chi connectivity index (χ1v) is 11.1. The standard InChI is InChI=1S/C12H17NO2.C11H19NO2/c1-5-12-8-9(12)6-7-13(12)10(14)15-11(2,3)4;1-2-3-4-6-11-8-9(11)5-7-12(11)10(13)14/h1,9H,6-8H2,2-4H3;9H,2-8H2,1H3,(H,13,14). The van der Waals surface area contributed by atoms with E-state index in [1.165, 1.54) is 19.3 Å². The zero-order chi connectivity index (χ0) is 21.4. The van der Waals surface area contributed by atoms with Crippen molar-refractivity contribution < 1.29 is 19.4 Å². The van der Waals surface area contributed by atoms with Gasteiger partial charge in [0.2, 0.25) is 0 Å². The van der Waals surface area contributed by atoms with Gasteiger partial charge in [-0.3, -0.25) is 4.90 Å². The monoisotopic (exact) mass is 404 g/mol. The van der Waals surface area contributed by atoms with E-state index in [-0.39, 0.29) is 17.2 Å². The maximum atomic E-state index is 11.9. The summed E-state index contributed by atoms with van der Waals surface area (Å²) in [6.45, 7) is 9.30. The molecule has 0 aromatic heterocycles. The van der Waals surface area contributed by atoms with E-state index in [9.17, 15) is 9.59 Å². The fourth-order valence-corrected chi connectivity index (χ4v) is 5.28. The van der Waals surface area contributed by atoms with Crippen LogP contribution in [0.1, 0.15) is 79.1 Å². The highest BCUT2D eigenvalue weighted by Crippen LogP contribution is 2.58. The van der Waals surface area contributed by atoms with Gasteiger partial charge in [0.1, 0.15) is 11.1 Å². The van der Waals surface area contributed by atoms with Gasteiger partial charge in [0.25, 0.3) is 0 Å². The summed E-state index contributed by atoms with van der Waals surface area (Å²) in [5.74, 6) is 3.96. The van der Waals surface area contributed by atoms with Crippen molar-refractivity contribution in [1.29, 1.82) is 0 Å². The molecule has 4 aliphatic rings. The van der Waals surface area contributed by atoms with Crippen molar-refractivity contribution >= 4 is 12.2 Å². The van der Waals surface area contributed by atoms with Crippen LogP contribution in [0.4, 0.5) is 9.59 Å². The number of hydrogen-bond acceptors (Lipinski definition) is 3. The number of piperidine rings is 2. The lowest BCUT2D eigenvalue weighted by atomic mass is 10.1. The molecule has 2 heterocycles. The van der Waals surface area contributed by atoms with Crippen molar-refractivity contribution in [2.24, 2.45) is 11.8 Å². The first-order valence-electron chi connectivity index (χ1n) is 11.1. The van der Waals surface area contributed by atoms with Crippen LogP contribution in [0.2, 0.25) is 0 Å². The Morgan fingerprint density at radius 3 is 2.31 bits per heavy atom. The second-order valence-corrected chi connectivity index (χ2v) is 10.1. The number of carbonyl (C=O) groups is 2. The largest absolute Gasteiger partial charge is 0.465 e. The second-order valence-electron chi connectivity index (χ2n) is 10.1. The van der Waals surface area contributed by atoms with Gasteiger partial charge in [0.05, 0.1) is 0 Å². The molecule has 6 heteroatoms. The summed E-state index contributed by atoms with van der Waals surface area (Å²) in [5, 5.41) is 9.06. The summed E-state index contributed by atoms with van der Waals surface area (Å²) >= 11 is 0. The lowest BCUT2D eigenvalue weighted by molar-refractivity contribution is 0.0222. The van der Waals surface area contributed by atoms with Gasteiger partial charge in [0.15, 0.2) is 0 Å². The number of amides is 2. The molecule has 4 fully saturated rings. The van der Waals surface area contributed by atoms with Crippen LogP contribution in [-0.4, -0.2) is 56.9 Å². The molecule has 0 aromatic rings. The smallest absolute Gasteiger partial charge is 0.411 e. The van der Waals surface area contributed by atoms with Crippen LogP contribution in [0.3, 0.4) is 0 Å². The van der Waals surface area contributed by atoms with Crippen molar-refractivity contribution in [3.8, 4) is 12.3 Å². The van der Waals surface area contributed by atoms with Gasteiger partial charge in [-0.25, -0.2) is 9.59 Å². The zero-order valence-corrected chi connectivity index (χ0v) is 18.4. The average molecular weight is 405 g/mol. The molecule has 2 aliphatic carbocycles. The van der Waals surface area contributed by atoms with Crippen LogP contribution in [-0.2, 0) is 4.74 Å². The lowest BCUT2D eigenvalue weighted by Gasteiger charge is -2.28. The summed E-state index contributed by atoms with van der Waals surface area (Å²) in [5.41, 5.74) is -0.664. The fraction of sp³-hybridized carbons (Fsp3) is 0.826. The molecular weight excluding hydrogens is 368 g/mol. The Hall–Kier alpha value is -1.90. The summed E-state index contributed by atoms with van der Waals surface area (Å²) in [6, 6.07) is 0. The van der Waals surface area contributed by atoms with Gasteiger partial charge >= 0.3 is 12.2 Å². The molecule has 4 atom stereocenters. The van der Waals surface area contributed by atoms with E-state index >= 15 is 0 Å². The van der Waals surface area contributed by atoms with E-state index < -0.39 is 11.7 Å². The molecule has 2 saturated heterocycles. The van der Waals surface area contributed by atoms with E-state index in [1.807, 2.05) is 20.8 Å². The predicted octanol–water partition coefficient (Wildman–Crippen LogP) is 4.73. The number of terminal acetylenes is 1. The lowest BCUT2D eigenvalue weighted by Crippen LogP contribution is -2.42. The summed E-state index contributed by atoms with van der Waals surface area (Å²) in [7, 11) is 0. The van der Waals surface area contributed by atoms with Crippen LogP contribution in [0, 0.1) is 24.2 Å². The van der Waals surface area contributed by atoms with Gasteiger partial charge in [-0.2, -0.15) is 0 Å². The number of carboxylic acid groups (broad SMARTS) is 1. The number of ether oxygens (including phenoxy) is 1. The van der Waals surface area contributed by atoms with Crippen molar-refractivity contribution in [2.75, 3.05) is 13.1 Å². The molecule has 2 aliphatic heterocycles. The Kier molecular flexibility index (Phi) is 5.82. The van der Waals surface area contributed by atoms with E-state index in [2.05, 4.69) is 12.8 Å². The highest BCUT2D eigenvalue weighted by molar-refractivity contribution is 5.72. The maximum Gasteiger partial charge on any atom is 0.411 e. The van der Waals surface area contributed by atoms with Crippen LogP contribution < -0.4 is 0 Å². The normalized spacial score (nSPS) is 33.8. The molecule has 0 aromatic carbocycles. The van der Waals surface area contributed by atoms with Crippen molar-refractivity contribution in [3.63, 3.8) is 0 Å². The topological polar surface area (TPSA) is 70.1 Å². The second kappa shape index (κ2) is 7.74. The Morgan fingerprint density at radius 2 is 1.79 bits per heavy atom. The van der Waals surface area contributed by atoms with Crippen molar-refractivity contribution in [1.82, 2.24) is 9.80 Å². The number of nitrogens with zero attached hydrogens (tertiary/aromatic N) is 2. The molecular formula is C23H36N2O4. The summed E-state index contributed by atoms with van der Waals surface area (Å²) in [4.78, 5) is 26.3. The van der Waals surface area contributed by atoms with E-state index in [0.717, 1.165) is 45.2 Å². The average Bonchev–Trinajstić information content (AvgIpc) is 3.45. The zero-order valence-electron chi connectivity index (χ0n) is 18.4. The van der Waals surface area contributed by atoms with Gasteiger partial charge in [0, 0.05) is 18.6 Å². The molecule has 0 bridgehead atoms. The van der Waals surface area contributed by atoms with Crippen molar-refractivity contribution in [3.05, 3.63) is 0 Å². The first-order chi connectivity index (χ1) is 13.6. The summed E-state index contributed by atoms with van der Waals surface area (Å²) in [6.07, 6.45) is 13.5. The van der Waals surface area contributed by atoms with Gasteiger partial charge in [-0.05, 0) is 64.7 Å². The van der Waals surface area contributed by atoms with E-state index in [4.69, 9.17) is 16.3 Å². The first kappa shape index (κ1) is 21.8. The molecule has 6 nitrogen and oxygen atoms in total. The maximum absolute atomic E-state index is 11.9. The molecule has 0 spiro atoms. The minimum Gasteiger partial charge on any atom is -0.465 e. The SMILES string of the molecule is C#CC12CC1CCN2C(=O)OC(C)(C)C.CCCCCC12CC1CCN2C(=O)O. The number of unbranched alkanes of at least 4 members (excludes halogenated alkanes) is 2. The summed E-state index contributed by atoms with van der Waals surface area (Å²) < 4.78 is 5.34. The third kappa shape index (κ3) is 4.20. The molecule has 1 N–H and O–H groups in total. The number of carbonyl (C=O) groups excluding carboxylic acids is 1. The minimum absolute atomic E-state index is 0.0843. The molecule has 162 valence electrons. The van der Waals surface area contributed by atoms with Gasteiger partial charge in [-0.1, -0.05) is 32.1 Å². The van der Waals surface area contributed by atoms with E-state index in [1.54, 1.807) is 9.80 Å². The third-order valence-corrected chi connectivity index (χ3v) is 7.00. The number of likely N-dealkylation sites (tertiary alicyclic amines) is 2. The molecule has 2 saturated carbocycles. The Labute approximate surface area is 175 Å². The molecule has 2 amide bonds.